The molecular weight excluding hydrogens is 367 g/mol. The molecule has 1 heterocycles. The first-order valence-electron chi connectivity index (χ1n) is 8.99. The lowest BCUT2D eigenvalue weighted by Crippen LogP contribution is -2.39. The molecule has 0 saturated carbocycles. The first-order chi connectivity index (χ1) is 12.9. The normalized spacial score (nSPS) is 17.7. The van der Waals surface area contributed by atoms with Gasteiger partial charge in [0.15, 0.2) is 0 Å². The van der Waals surface area contributed by atoms with Gasteiger partial charge in [0.2, 0.25) is 10.0 Å². The SMILES string of the molecule is CC1CCCN(C(=O)c2ccc(S(=O)(=O)NCc3ccccc3F)cc2)C1. The number of nitrogens with zero attached hydrogens (tertiary/aromatic N) is 1. The Hall–Kier alpha value is -2.25. The Labute approximate surface area is 159 Å². The number of likely N-dealkylation sites (tertiary alicyclic amines) is 1. The van der Waals surface area contributed by atoms with Crippen molar-refractivity contribution in [2.24, 2.45) is 5.92 Å². The molecule has 1 saturated heterocycles. The van der Waals surface area contributed by atoms with Gasteiger partial charge < -0.3 is 4.90 Å². The Morgan fingerprint density at radius 1 is 1.19 bits per heavy atom. The molecule has 27 heavy (non-hydrogen) atoms. The summed E-state index contributed by atoms with van der Waals surface area (Å²) in [5.41, 5.74) is 0.740. The molecule has 1 fully saturated rings. The second-order valence-electron chi connectivity index (χ2n) is 6.94. The third kappa shape index (κ3) is 4.73. The van der Waals surface area contributed by atoms with Crippen LogP contribution in [0.25, 0.3) is 0 Å². The quantitative estimate of drug-likeness (QED) is 0.853. The van der Waals surface area contributed by atoms with E-state index in [0.717, 1.165) is 25.9 Å². The summed E-state index contributed by atoms with van der Waals surface area (Å²) in [6.45, 7) is 3.44. The zero-order chi connectivity index (χ0) is 19.4. The largest absolute Gasteiger partial charge is 0.338 e. The minimum Gasteiger partial charge on any atom is -0.338 e. The highest BCUT2D eigenvalue weighted by atomic mass is 32.2. The molecule has 0 spiro atoms. The molecule has 1 aliphatic heterocycles. The van der Waals surface area contributed by atoms with Gasteiger partial charge in [0.25, 0.3) is 5.91 Å². The summed E-state index contributed by atoms with van der Waals surface area (Å²) in [5.74, 6) is -0.0633. The van der Waals surface area contributed by atoms with E-state index in [2.05, 4.69) is 11.6 Å². The predicted octanol–water partition coefficient (Wildman–Crippen LogP) is 3.18. The molecule has 0 aromatic heterocycles. The number of nitrogens with one attached hydrogen (secondary N) is 1. The van der Waals surface area contributed by atoms with Crippen molar-refractivity contribution >= 4 is 15.9 Å². The summed E-state index contributed by atoms with van der Waals surface area (Å²) in [6, 6.07) is 11.9. The lowest BCUT2D eigenvalue weighted by molar-refractivity contribution is 0.0683. The lowest BCUT2D eigenvalue weighted by Gasteiger charge is -2.31. The van der Waals surface area contributed by atoms with E-state index in [0.29, 0.717) is 11.5 Å². The number of hydrogen-bond donors (Lipinski definition) is 1. The van der Waals surface area contributed by atoms with E-state index in [9.17, 15) is 17.6 Å². The minimum absolute atomic E-state index is 0.0439. The number of halogens is 1. The maximum absolute atomic E-state index is 13.6. The van der Waals surface area contributed by atoms with Crippen molar-refractivity contribution in [1.82, 2.24) is 9.62 Å². The third-order valence-corrected chi connectivity index (χ3v) is 6.18. The van der Waals surface area contributed by atoms with Crippen LogP contribution >= 0.6 is 0 Å². The van der Waals surface area contributed by atoms with Gasteiger partial charge in [0, 0.05) is 30.8 Å². The van der Waals surface area contributed by atoms with Crippen LogP contribution < -0.4 is 4.72 Å². The van der Waals surface area contributed by atoms with E-state index in [1.54, 1.807) is 12.1 Å². The van der Waals surface area contributed by atoms with Crippen molar-refractivity contribution in [3.05, 3.63) is 65.5 Å². The van der Waals surface area contributed by atoms with Crippen LogP contribution in [0.15, 0.2) is 53.4 Å². The molecule has 1 atom stereocenters. The molecule has 0 aliphatic carbocycles. The summed E-state index contributed by atoms with van der Waals surface area (Å²) < 4.78 is 40.9. The van der Waals surface area contributed by atoms with Crippen LogP contribution in [-0.4, -0.2) is 32.3 Å². The average molecular weight is 390 g/mol. The zero-order valence-corrected chi connectivity index (χ0v) is 16.0. The highest BCUT2D eigenvalue weighted by Gasteiger charge is 2.22. The standard InChI is InChI=1S/C20H23FN2O3S/c1-15-5-4-12-23(14-15)20(24)16-8-10-18(11-9-16)27(25,26)22-13-17-6-2-3-7-19(17)21/h2-3,6-11,15,22H,4-5,12-14H2,1H3. The predicted molar refractivity (Wildman–Crippen MR) is 101 cm³/mol. The fourth-order valence-corrected chi connectivity index (χ4v) is 4.24. The fourth-order valence-electron chi connectivity index (χ4n) is 3.23. The van der Waals surface area contributed by atoms with Crippen LogP contribution in [0.5, 0.6) is 0 Å². The van der Waals surface area contributed by atoms with Crippen molar-refractivity contribution in [2.75, 3.05) is 13.1 Å². The van der Waals surface area contributed by atoms with Gasteiger partial charge in [-0.2, -0.15) is 0 Å². The van der Waals surface area contributed by atoms with Gasteiger partial charge in [0.1, 0.15) is 5.82 Å². The second-order valence-corrected chi connectivity index (χ2v) is 8.71. The Morgan fingerprint density at radius 2 is 1.89 bits per heavy atom. The monoisotopic (exact) mass is 390 g/mol. The minimum atomic E-state index is -3.79. The first kappa shape index (κ1) is 19.5. The smallest absolute Gasteiger partial charge is 0.253 e. The van der Waals surface area contributed by atoms with E-state index in [1.807, 2.05) is 4.90 Å². The number of amides is 1. The van der Waals surface area contributed by atoms with Gasteiger partial charge in [-0.25, -0.2) is 17.5 Å². The molecule has 2 aromatic carbocycles. The van der Waals surface area contributed by atoms with Gasteiger partial charge in [-0.3, -0.25) is 4.79 Å². The van der Waals surface area contributed by atoms with Crippen LogP contribution in [0.1, 0.15) is 35.7 Å². The van der Waals surface area contributed by atoms with Crippen LogP contribution in [0.2, 0.25) is 0 Å². The molecule has 2 aromatic rings. The highest BCUT2D eigenvalue weighted by molar-refractivity contribution is 7.89. The summed E-state index contributed by atoms with van der Waals surface area (Å²) in [4.78, 5) is 14.4. The Balaban J connectivity index is 1.68. The van der Waals surface area contributed by atoms with Crippen molar-refractivity contribution < 1.29 is 17.6 Å². The first-order valence-corrected chi connectivity index (χ1v) is 10.5. The summed E-state index contributed by atoms with van der Waals surface area (Å²) >= 11 is 0. The Morgan fingerprint density at radius 3 is 2.56 bits per heavy atom. The number of benzene rings is 2. The second kappa shape index (κ2) is 8.19. The number of hydrogen-bond acceptors (Lipinski definition) is 3. The number of carbonyl (C=O) groups excluding carboxylic acids is 1. The van der Waals surface area contributed by atoms with Gasteiger partial charge in [-0.1, -0.05) is 25.1 Å². The van der Waals surface area contributed by atoms with E-state index in [1.165, 1.54) is 36.4 Å². The molecule has 0 radical (unpaired) electrons. The molecule has 1 unspecified atom stereocenters. The fraction of sp³-hybridized carbons (Fsp3) is 0.350. The highest BCUT2D eigenvalue weighted by Crippen LogP contribution is 2.19. The number of rotatable bonds is 5. The summed E-state index contributed by atoms with van der Waals surface area (Å²) in [6.07, 6.45) is 2.11. The van der Waals surface area contributed by atoms with Crippen LogP contribution in [0.4, 0.5) is 4.39 Å². The molecular formula is C20H23FN2O3S. The molecule has 1 amide bonds. The maximum atomic E-state index is 13.6. The van der Waals surface area contributed by atoms with E-state index in [4.69, 9.17) is 0 Å². The van der Waals surface area contributed by atoms with Crippen molar-refractivity contribution in [2.45, 2.75) is 31.2 Å². The molecule has 5 nitrogen and oxygen atoms in total. The van der Waals surface area contributed by atoms with Crippen molar-refractivity contribution in [1.29, 1.82) is 0 Å². The molecule has 1 N–H and O–H groups in total. The van der Waals surface area contributed by atoms with Gasteiger partial charge in [-0.15, -0.1) is 0 Å². The average Bonchev–Trinajstić information content (AvgIpc) is 2.67. The third-order valence-electron chi connectivity index (χ3n) is 4.77. The number of carbonyl (C=O) groups is 1. The van der Waals surface area contributed by atoms with E-state index >= 15 is 0 Å². The topological polar surface area (TPSA) is 66.5 Å². The van der Waals surface area contributed by atoms with Gasteiger partial charge in [0.05, 0.1) is 4.90 Å². The lowest BCUT2D eigenvalue weighted by atomic mass is 9.99. The maximum Gasteiger partial charge on any atom is 0.253 e. The zero-order valence-electron chi connectivity index (χ0n) is 15.2. The van der Waals surface area contributed by atoms with Crippen molar-refractivity contribution in [3.63, 3.8) is 0 Å². The van der Waals surface area contributed by atoms with Crippen molar-refractivity contribution in [3.8, 4) is 0 Å². The number of sulfonamides is 1. The van der Waals surface area contributed by atoms with E-state index < -0.39 is 15.8 Å². The van der Waals surface area contributed by atoms with Crippen LogP contribution in [0.3, 0.4) is 0 Å². The van der Waals surface area contributed by atoms with Crippen LogP contribution in [0, 0.1) is 11.7 Å². The Bertz CT molecular complexity index is 913. The summed E-state index contributed by atoms with van der Waals surface area (Å²) in [5, 5.41) is 0. The number of piperidine rings is 1. The van der Waals surface area contributed by atoms with Gasteiger partial charge in [-0.05, 0) is 49.1 Å². The molecule has 3 rings (SSSR count). The van der Waals surface area contributed by atoms with E-state index in [-0.39, 0.29) is 22.9 Å². The summed E-state index contributed by atoms with van der Waals surface area (Å²) in [7, 11) is -3.79. The van der Waals surface area contributed by atoms with Crippen LogP contribution in [-0.2, 0) is 16.6 Å². The van der Waals surface area contributed by atoms with Gasteiger partial charge >= 0.3 is 0 Å². The molecule has 1 aliphatic rings. The Kier molecular flexibility index (Phi) is 5.92. The molecule has 144 valence electrons. The molecule has 0 bridgehead atoms. The molecule has 7 heteroatoms.